The van der Waals surface area contributed by atoms with E-state index in [1.54, 1.807) is 42.5 Å². The highest BCUT2D eigenvalue weighted by atomic mass is 79.9. The van der Waals surface area contributed by atoms with Crippen molar-refractivity contribution in [2.24, 2.45) is 0 Å². The Labute approximate surface area is 184 Å². The molecule has 0 saturated heterocycles. The third-order valence-corrected chi connectivity index (χ3v) is 5.77. The maximum absolute atomic E-state index is 13.6. The molecule has 0 radical (unpaired) electrons. The van der Waals surface area contributed by atoms with Gasteiger partial charge in [0.2, 0.25) is 5.91 Å². The highest BCUT2D eigenvalue weighted by Crippen LogP contribution is 2.38. The quantitative estimate of drug-likeness (QED) is 0.485. The molecule has 4 rings (SSSR count). The van der Waals surface area contributed by atoms with E-state index < -0.39 is 6.04 Å². The van der Waals surface area contributed by atoms with E-state index in [9.17, 15) is 14.0 Å². The van der Waals surface area contributed by atoms with Gasteiger partial charge in [0.15, 0.2) is 0 Å². The summed E-state index contributed by atoms with van der Waals surface area (Å²) in [6, 6.07) is 17.9. The molecule has 0 spiro atoms. The normalized spacial score (nSPS) is 16.0. The zero-order chi connectivity index (χ0) is 20.5. The van der Waals surface area contributed by atoms with Gasteiger partial charge in [-0.05, 0) is 60.2 Å². The zero-order valence-electron chi connectivity index (χ0n) is 15.0. The first-order valence-corrected chi connectivity index (χ1v) is 10.4. The van der Waals surface area contributed by atoms with Gasteiger partial charge in [0.1, 0.15) is 12.4 Å². The predicted octanol–water partition coefficient (Wildman–Crippen LogP) is 5.53. The molecule has 3 aromatic carbocycles. The topological polar surface area (TPSA) is 49.4 Å². The van der Waals surface area contributed by atoms with E-state index in [1.807, 2.05) is 12.1 Å². The lowest BCUT2D eigenvalue weighted by Gasteiger charge is -2.30. The van der Waals surface area contributed by atoms with E-state index in [2.05, 4.69) is 37.2 Å². The van der Waals surface area contributed by atoms with E-state index in [4.69, 9.17) is 0 Å². The van der Waals surface area contributed by atoms with Crippen LogP contribution in [-0.2, 0) is 4.79 Å². The van der Waals surface area contributed by atoms with Gasteiger partial charge < -0.3 is 10.2 Å². The summed E-state index contributed by atoms with van der Waals surface area (Å²) in [5.41, 5.74) is 2.56. The Morgan fingerprint density at radius 1 is 0.966 bits per heavy atom. The van der Waals surface area contributed by atoms with E-state index in [1.165, 1.54) is 17.0 Å². The molecule has 7 heteroatoms. The zero-order valence-corrected chi connectivity index (χ0v) is 18.2. The summed E-state index contributed by atoms with van der Waals surface area (Å²) in [6.07, 6.45) is 0. The van der Waals surface area contributed by atoms with Crippen LogP contribution in [0.3, 0.4) is 0 Å². The third kappa shape index (κ3) is 4.11. The molecule has 3 aromatic rings. The van der Waals surface area contributed by atoms with Crippen LogP contribution in [0.2, 0.25) is 0 Å². The summed E-state index contributed by atoms with van der Waals surface area (Å²) in [6.45, 7) is -0.122. The largest absolute Gasteiger partial charge is 0.324 e. The molecule has 146 valence electrons. The summed E-state index contributed by atoms with van der Waals surface area (Å²) in [4.78, 5) is 27.5. The van der Waals surface area contributed by atoms with Crippen LogP contribution in [-0.4, -0.2) is 23.3 Å². The van der Waals surface area contributed by atoms with Crippen LogP contribution < -0.4 is 5.32 Å². The van der Waals surface area contributed by atoms with Gasteiger partial charge in [-0.2, -0.15) is 0 Å². The Morgan fingerprint density at radius 2 is 1.62 bits per heavy atom. The minimum absolute atomic E-state index is 0.122. The molecular formula is C22H15Br2FN2O2. The molecule has 1 aliphatic rings. The lowest BCUT2D eigenvalue weighted by atomic mass is 9.95. The van der Waals surface area contributed by atoms with Crippen molar-refractivity contribution in [2.45, 2.75) is 6.04 Å². The summed E-state index contributed by atoms with van der Waals surface area (Å²) in [5, 5.41) is 2.87. The minimum atomic E-state index is -0.557. The number of nitrogens with one attached hydrogen (secondary N) is 1. The van der Waals surface area contributed by atoms with E-state index in [0.717, 1.165) is 14.5 Å². The average Bonchev–Trinajstić information content (AvgIpc) is 2.84. The Hall–Kier alpha value is -2.51. The second-order valence-electron chi connectivity index (χ2n) is 6.67. The van der Waals surface area contributed by atoms with Crippen LogP contribution >= 0.6 is 31.9 Å². The molecule has 1 N–H and O–H groups in total. The second kappa shape index (κ2) is 8.08. The Kier molecular flexibility index (Phi) is 5.52. The van der Waals surface area contributed by atoms with Gasteiger partial charge in [-0.1, -0.05) is 44.0 Å². The second-order valence-corrected chi connectivity index (χ2v) is 8.51. The molecule has 0 saturated carbocycles. The molecule has 0 unspecified atom stereocenters. The van der Waals surface area contributed by atoms with Gasteiger partial charge in [-0.15, -0.1) is 0 Å². The molecule has 2 amide bonds. The van der Waals surface area contributed by atoms with Crippen LogP contribution in [0.4, 0.5) is 10.1 Å². The van der Waals surface area contributed by atoms with Gasteiger partial charge in [0.25, 0.3) is 5.91 Å². The first kappa shape index (κ1) is 19.8. The lowest BCUT2D eigenvalue weighted by molar-refractivity contribution is -0.117. The Balaban J connectivity index is 1.88. The maximum atomic E-state index is 13.6. The Morgan fingerprint density at radius 3 is 2.31 bits per heavy atom. The van der Waals surface area contributed by atoms with Crippen LogP contribution in [0, 0.1) is 5.82 Å². The molecule has 0 bridgehead atoms. The highest BCUT2D eigenvalue weighted by Gasteiger charge is 2.34. The number of halogens is 3. The van der Waals surface area contributed by atoms with Crippen molar-refractivity contribution in [3.05, 3.63) is 98.2 Å². The maximum Gasteiger partial charge on any atom is 0.255 e. The molecular weight excluding hydrogens is 503 g/mol. The van der Waals surface area contributed by atoms with E-state index in [-0.39, 0.29) is 24.2 Å². The number of carbonyl (C=O) groups excluding carboxylic acids is 2. The van der Waals surface area contributed by atoms with E-state index >= 15 is 0 Å². The van der Waals surface area contributed by atoms with Crippen molar-refractivity contribution < 1.29 is 14.0 Å². The molecule has 4 nitrogen and oxygen atoms in total. The van der Waals surface area contributed by atoms with Crippen LogP contribution in [0.25, 0.3) is 0 Å². The fraction of sp³-hybridized carbons (Fsp3) is 0.0909. The van der Waals surface area contributed by atoms with Crippen molar-refractivity contribution in [3.63, 3.8) is 0 Å². The van der Waals surface area contributed by atoms with Crippen molar-refractivity contribution in [3.8, 4) is 0 Å². The Bertz CT molecular complexity index is 1080. The number of amides is 2. The first-order valence-electron chi connectivity index (χ1n) is 8.83. The molecule has 1 aliphatic heterocycles. The summed E-state index contributed by atoms with van der Waals surface area (Å²) in [7, 11) is 0. The van der Waals surface area contributed by atoms with Gasteiger partial charge in [-0.3, -0.25) is 9.59 Å². The van der Waals surface area contributed by atoms with Crippen molar-refractivity contribution >= 4 is 49.4 Å². The molecule has 0 aliphatic carbocycles. The monoisotopic (exact) mass is 516 g/mol. The molecule has 0 aromatic heterocycles. The summed E-state index contributed by atoms with van der Waals surface area (Å²) >= 11 is 6.84. The van der Waals surface area contributed by atoms with Gasteiger partial charge in [0.05, 0.1) is 6.04 Å². The number of hydrogen-bond acceptors (Lipinski definition) is 2. The lowest BCUT2D eigenvalue weighted by Crippen LogP contribution is -2.39. The third-order valence-electron chi connectivity index (χ3n) is 4.75. The van der Waals surface area contributed by atoms with Crippen molar-refractivity contribution in [1.82, 2.24) is 4.90 Å². The predicted molar refractivity (Wildman–Crippen MR) is 116 cm³/mol. The molecule has 1 atom stereocenters. The molecule has 1 heterocycles. The number of benzene rings is 3. The van der Waals surface area contributed by atoms with Gasteiger partial charge >= 0.3 is 0 Å². The SMILES string of the molecule is O=C1CN(C(=O)c2ccc(Br)cc2)[C@@H](c2ccc(F)cc2)c2cc(Br)ccc2N1. The summed E-state index contributed by atoms with van der Waals surface area (Å²) in [5.74, 6) is -0.935. The minimum Gasteiger partial charge on any atom is -0.324 e. The van der Waals surface area contributed by atoms with E-state index in [0.29, 0.717) is 16.8 Å². The van der Waals surface area contributed by atoms with Crippen LogP contribution in [0.1, 0.15) is 27.5 Å². The standard InChI is InChI=1S/C22H15Br2FN2O2/c23-15-5-1-14(2-6-15)22(29)27-12-20(28)26-19-10-7-16(24)11-18(19)21(27)13-3-8-17(25)9-4-13/h1-11,21H,12H2,(H,26,28)/t21-/m0/s1. The van der Waals surface area contributed by atoms with Gasteiger partial charge in [-0.25, -0.2) is 4.39 Å². The first-order chi connectivity index (χ1) is 13.9. The molecule has 0 fully saturated rings. The number of carbonyl (C=O) groups is 2. The summed E-state index contributed by atoms with van der Waals surface area (Å²) < 4.78 is 15.2. The molecule has 29 heavy (non-hydrogen) atoms. The number of fused-ring (bicyclic) bond motifs is 1. The highest BCUT2D eigenvalue weighted by molar-refractivity contribution is 9.10. The fourth-order valence-electron chi connectivity index (χ4n) is 3.43. The van der Waals surface area contributed by atoms with Crippen molar-refractivity contribution in [2.75, 3.05) is 11.9 Å². The average molecular weight is 518 g/mol. The van der Waals surface area contributed by atoms with Crippen LogP contribution in [0.15, 0.2) is 75.7 Å². The van der Waals surface area contributed by atoms with Crippen molar-refractivity contribution in [1.29, 1.82) is 0 Å². The smallest absolute Gasteiger partial charge is 0.255 e. The van der Waals surface area contributed by atoms with Crippen LogP contribution in [0.5, 0.6) is 0 Å². The fourth-order valence-corrected chi connectivity index (χ4v) is 4.07. The number of hydrogen-bond donors (Lipinski definition) is 1. The number of nitrogens with zero attached hydrogens (tertiary/aromatic N) is 1. The number of anilines is 1. The number of rotatable bonds is 2. The van der Waals surface area contributed by atoms with Gasteiger partial charge in [0, 0.05) is 25.8 Å².